The number of aryl methyl sites for hydroxylation is 1. The Kier molecular flexibility index (Phi) is 4.61. The summed E-state index contributed by atoms with van der Waals surface area (Å²) in [5.74, 6) is -2.53. The van der Waals surface area contributed by atoms with Crippen LogP contribution in [0.1, 0.15) is 43.7 Å². The smallest absolute Gasteiger partial charge is 0.303 e. The molecule has 0 saturated carbocycles. The Morgan fingerprint density at radius 2 is 2.00 bits per heavy atom. The number of rotatable bonds is 5. The first-order valence-corrected chi connectivity index (χ1v) is 5.61. The normalized spacial score (nSPS) is 10.9. The highest BCUT2D eigenvalue weighted by molar-refractivity contribution is 5.66. The van der Waals surface area contributed by atoms with E-state index in [1.807, 2.05) is 13.8 Å². The molecule has 0 aromatic heterocycles. The summed E-state index contributed by atoms with van der Waals surface area (Å²) in [5, 5.41) is 8.49. The number of carboxylic acid groups (broad SMARTS) is 1. The lowest BCUT2D eigenvalue weighted by Crippen LogP contribution is -2.01. The molecule has 2 nitrogen and oxygen atoms in total. The molecule has 0 heterocycles. The maximum atomic E-state index is 13.4. The summed E-state index contributed by atoms with van der Waals surface area (Å²) in [7, 11) is 0. The average molecular weight is 242 g/mol. The van der Waals surface area contributed by atoms with Crippen LogP contribution in [0.25, 0.3) is 0 Å². The molecule has 17 heavy (non-hydrogen) atoms. The molecule has 0 unspecified atom stereocenters. The van der Waals surface area contributed by atoms with Gasteiger partial charge in [0.2, 0.25) is 0 Å². The Bertz CT molecular complexity index is 414. The minimum atomic E-state index is -0.925. The third-order valence-corrected chi connectivity index (χ3v) is 2.63. The number of carboxylic acids is 1. The summed E-state index contributed by atoms with van der Waals surface area (Å²) in [5.41, 5.74) is 0.990. The number of benzene rings is 1. The molecule has 1 aromatic rings. The van der Waals surface area contributed by atoms with Crippen LogP contribution in [0, 0.1) is 11.6 Å². The van der Waals surface area contributed by atoms with Crippen molar-refractivity contribution >= 4 is 5.97 Å². The van der Waals surface area contributed by atoms with Gasteiger partial charge in [-0.1, -0.05) is 19.9 Å². The number of aliphatic carboxylic acids is 1. The summed E-state index contributed by atoms with van der Waals surface area (Å²) in [6.07, 6.45) is 0.524. The Labute approximate surface area is 99.3 Å². The van der Waals surface area contributed by atoms with E-state index in [0.29, 0.717) is 6.42 Å². The van der Waals surface area contributed by atoms with Crippen LogP contribution in [0.5, 0.6) is 0 Å². The fraction of sp³-hybridized carbons (Fsp3) is 0.462. The zero-order chi connectivity index (χ0) is 13.0. The van der Waals surface area contributed by atoms with Crippen LogP contribution in [0.15, 0.2) is 12.1 Å². The molecule has 0 bridgehead atoms. The van der Waals surface area contributed by atoms with Crippen LogP contribution >= 0.6 is 0 Å². The first kappa shape index (κ1) is 13.6. The number of hydrogen-bond acceptors (Lipinski definition) is 1. The highest BCUT2D eigenvalue weighted by Crippen LogP contribution is 2.22. The molecule has 0 fully saturated rings. The van der Waals surface area contributed by atoms with Crippen LogP contribution < -0.4 is 0 Å². The second-order valence-electron chi connectivity index (χ2n) is 4.38. The van der Waals surface area contributed by atoms with E-state index >= 15 is 0 Å². The Morgan fingerprint density at radius 1 is 1.35 bits per heavy atom. The van der Waals surface area contributed by atoms with Crippen molar-refractivity contribution in [2.75, 3.05) is 0 Å². The Hall–Kier alpha value is -1.45. The van der Waals surface area contributed by atoms with Crippen molar-refractivity contribution in [3.8, 4) is 0 Å². The van der Waals surface area contributed by atoms with E-state index in [-0.39, 0.29) is 24.3 Å². The van der Waals surface area contributed by atoms with Crippen LogP contribution in [-0.2, 0) is 11.2 Å². The van der Waals surface area contributed by atoms with Gasteiger partial charge < -0.3 is 5.11 Å². The first-order chi connectivity index (χ1) is 7.91. The lowest BCUT2D eigenvalue weighted by atomic mass is 9.98. The van der Waals surface area contributed by atoms with Gasteiger partial charge in [-0.3, -0.25) is 4.79 Å². The van der Waals surface area contributed by atoms with E-state index in [1.165, 1.54) is 6.07 Å². The topological polar surface area (TPSA) is 37.3 Å². The van der Waals surface area contributed by atoms with Crippen molar-refractivity contribution < 1.29 is 18.7 Å². The average Bonchev–Trinajstić information content (AvgIpc) is 2.23. The molecule has 0 aliphatic rings. The maximum Gasteiger partial charge on any atom is 0.303 e. The molecule has 1 aromatic carbocycles. The minimum absolute atomic E-state index is 0.0348. The lowest BCUT2D eigenvalue weighted by molar-refractivity contribution is -0.137. The van der Waals surface area contributed by atoms with E-state index in [4.69, 9.17) is 5.11 Å². The Balaban J connectivity index is 2.86. The summed E-state index contributed by atoms with van der Waals surface area (Å²) in [4.78, 5) is 10.3. The molecule has 1 N–H and O–H groups in total. The van der Waals surface area contributed by atoms with Crippen LogP contribution in [-0.4, -0.2) is 11.1 Å². The van der Waals surface area contributed by atoms with Gasteiger partial charge in [0.15, 0.2) is 11.6 Å². The highest BCUT2D eigenvalue weighted by atomic mass is 19.2. The fourth-order valence-electron chi connectivity index (χ4n) is 1.61. The van der Waals surface area contributed by atoms with Gasteiger partial charge in [-0.2, -0.15) is 0 Å². The molecule has 0 aliphatic heterocycles. The van der Waals surface area contributed by atoms with Crippen molar-refractivity contribution in [3.63, 3.8) is 0 Å². The SMILES string of the molecule is CC(C)c1cc(F)c(F)c(CCCC(=O)O)c1. The van der Waals surface area contributed by atoms with Gasteiger partial charge in [-0.05, 0) is 36.0 Å². The Morgan fingerprint density at radius 3 is 2.53 bits per heavy atom. The number of carbonyl (C=O) groups is 1. The van der Waals surface area contributed by atoms with Crippen molar-refractivity contribution in [1.82, 2.24) is 0 Å². The van der Waals surface area contributed by atoms with E-state index in [9.17, 15) is 13.6 Å². The third kappa shape index (κ3) is 3.80. The molecule has 0 radical (unpaired) electrons. The fourth-order valence-corrected chi connectivity index (χ4v) is 1.61. The van der Waals surface area contributed by atoms with Gasteiger partial charge >= 0.3 is 5.97 Å². The second kappa shape index (κ2) is 5.75. The molecule has 94 valence electrons. The zero-order valence-electron chi connectivity index (χ0n) is 9.96. The highest BCUT2D eigenvalue weighted by Gasteiger charge is 2.12. The molecule has 0 spiro atoms. The van der Waals surface area contributed by atoms with E-state index in [2.05, 4.69) is 0 Å². The van der Waals surface area contributed by atoms with Gasteiger partial charge in [0.25, 0.3) is 0 Å². The van der Waals surface area contributed by atoms with Gasteiger partial charge in [0.05, 0.1) is 0 Å². The summed E-state index contributed by atoms with van der Waals surface area (Å²) < 4.78 is 26.7. The summed E-state index contributed by atoms with van der Waals surface area (Å²) >= 11 is 0. The molecule has 0 amide bonds. The zero-order valence-corrected chi connectivity index (χ0v) is 9.96. The maximum absolute atomic E-state index is 13.4. The molecule has 0 atom stereocenters. The second-order valence-corrected chi connectivity index (χ2v) is 4.38. The first-order valence-electron chi connectivity index (χ1n) is 5.61. The van der Waals surface area contributed by atoms with Gasteiger partial charge in [0.1, 0.15) is 0 Å². The van der Waals surface area contributed by atoms with Crippen molar-refractivity contribution in [2.24, 2.45) is 0 Å². The van der Waals surface area contributed by atoms with Crippen molar-refractivity contribution in [3.05, 3.63) is 34.9 Å². The summed E-state index contributed by atoms with van der Waals surface area (Å²) in [6, 6.07) is 2.81. The predicted octanol–water partition coefficient (Wildman–Crippen LogP) is 3.50. The van der Waals surface area contributed by atoms with E-state index in [0.717, 1.165) is 5.56 Å². The van der Waals surface area contributed by atoms with Crippen molar-refractivity contribution in [1.29, 1.82) is 0 Å². The predicted molar refractivity (Wildman–Crippen MR) is 61.0 cm³/mol. The van der Waals surface area contributed by atoms with Crippen LogP contribution in [0.3, 0.4) is 0 Å². The monoisotopic (exact) mass is 242 g/mol. The number of halogens is 2. The lowest BCUT2D eigenvalue weighted by Gasteiger charge is -2.10. The molecule has 0 saturated heterocycles. The molecular weight excluding hydrogens is 226 g/mol. The standard InChI is InChI=1S/C13H16F2O2/c1-8(2)10-6-9(4-3-5-12(16)17)13(15)11(14)7-10/h6-8H,3-5H2,1-2H3,(H,16,17). The van der Waals surface area contributed by atoms with Crippen LogP contribution in [0.2, 0.25) is 0 Å². The van der Waals surface area contributed by atoms with Crippen molar-refractivity contribution in [2.45, 2.75) is 39.0 Å². The largest absolute Gasteiger partial charge is 0.481 e. The molecule has 4 heteroatoms. The van der Waals surface area contributed by atoms with Gasteiger partial charge in [-0.15, -0.1) is 0 Å². The van der Waals surface area contributed by atoms with E-state index in [1.54, 1.807) is 6.07 Å². The van der Waals surface area contributed by atoms with E-state index < -0.39 is 17.6 Å². The molecular formula is C13H16F2O2. The van der Waals surface area contributed by atoms with Crippen LogP contribution in [0.4, 0.5) is 8.78 Å². The third-order valence-electron chi connectivity index (χ3n) is 2.63. The van der Waals surface area contributed by atoms with Gasteiger partial charge in [0, 0.05) is 6.42 Å². The minimum Gasteiger partial charge on any atom is -0.481 e. The summed E-state index contributed by atoms with van der Waals surface area (Å²) in [6.45, 7) is 3.79. The quantitative estimate of drug-likeness (QED) is 0.858. The molecule has 0 aliphatic carbocycles. The number of hydrogen-bond donors (Lipinski definition) is 1. The van der Waals surface area contributed by atoms with Gasteiger partial charge in [-0.25, -0.2) is 8.78 Å². The molecule has 1 rings (SSSR count).